The number of hydrogen-bond acceptors (Lipinski definition) is 3. The largest absolute Gasteiger partial charge is 0.315 e. The molecule has 1 aliphatic heterocycles. The lowest BCUT2D eigenvalue weighted by molar-refractivity contribution is 0.154. The smallest absolute Gasteiger partial charge is 0.0110 e. The molecular weight excluding hydrogens is 234 g/mol. The van der Waals surface area contributed by atoms with Crippen LogP contribution in [0.5, 0.6) is 0 Å². The first-order valence-electron chi connectivity index (χ1n) is 7.92. The van der Waals surface area contributed by atoms with Crippen molar-refractivity contribution in [3.8, 4) is 0 Å². The van der Waals surface area contributed by atoms with Gasteiger partial charge in [-0.05, 0) is 45.2 Å². The standard InChI is InChI=1S/C16H31N3/c1-14-10-15(2)12-16(11-14)13-17-4-5-19-8-6-18(3)7-9-19/h10,14,16-17H,4-9,11-13H2,1-3H3. The molecule has 3 heteroatoms. The predicted octanol–water partition coefficient (Wildman–Crippen LogP) is 1.82. The number of nitrogens with zero attached hydrogens (tertiary/aromatic N) is 2. The van der Waals surface area contributed by atoms with Gasteiger partial charge in [-0.25, -0.2) is 0 Å². The van der Waals surface area contributed by atoms with Gasteiger partial charge in [0.1, 0.15) is 0 Å². The number of likely N-dealkylation sites (N-methyl/N-ethyl adjacent to an activating group) is 1. The Balaban J connectivity index is 1.56. The Kier molecular flexibility index (Phi) is 5.86. The Hall–Kier alpha value is -0.380. The summed E-state index contributed by atoms with van der Waals surface area (Å²) < 4.78 is 0. The lowest BCUT2D eigenvalue weighted by Crippen LogP contribution is -2.46. The average molecular weight is 265 g/mol. The molecule has 1 heterocycles. The van der Waals surface area contributed by atoms with E-state index in [-0.39, 0.29) is 0 Å². The summed E-state index contributed by atoms with van der Waals surface area (Å²) in [5.41, 5.74) is 1.59. The second kappa shape index (κ2) is 7.41. The lowest BCUT2D eigenvalue weighted by Gasteiger charge is -2.32. The lowest BCUT2D eigenvalue weighted by atomic mass is 9.84. The molecule has 1 fully saturated rings. The molecule has 0 radical (unpaired) electrons. The van der Waals surface area contributed by atoms with Crippen LogP contribution in [-0.4, -0.2) is 62.7 Å². The van der Waals surface area contributed by atoms with Crippen LogP contribution >= 0.6 is 0 Å². The minimum atomic E-state index is 0.776. The fraction of sp³-hybridized carbons (Fsp3) is 0.875. The molecule has 3 nitrogen and oxygen atoms in total. The van der Waals surface area contributed by atoms with E-state index in [0.29, 0.717) is 0 Å². The van der Waals surface area contributed by atoms with Gasteiger partial charge in [0.25, 0.3) is 0 Å². The van der Waals surface area contributed by atoms with E-state index < -0.39 is 0 Å². The summed E-state index contributed by atoms with van der Waals surface area (Å²) in [5.74, 6) is 1.63. The first kappa shape index (κ1) is 15.0. The minimum Gasteiger partial charge on any atom is -0.315 e. The van der Waals surface area contributed by atoms with E-state index in [9.17, 15) is 0 Å². The Bertz CT molecular complexity index is 292. The van der Waals surface area contributed by atoms with Gasteiger partial charge in [-0.15, -0.1) is 0 Å². The van der Waals surface area contributed by atoms with Crippen LogP contribution in [0.1, 0.15) is 26.7 Å². The molecule has 2 unspecified atom stereocenters. The third-order valence-electron chi connectivity index (χ3n) is 4.52. The van der Waals surface area contributed by atoms with Gasteiger partial charge in [-0.1, -0.05) is 18.6 Å². The van der Waals surface area contributed by atoms with Gasteiger partial charge in [0, 0.05) is 39.3 Å². The molecule has 19 heavy (non-hydrogen) atoms. The summed E-state index contributed by atoms with van der Waals surface area (Å²) in [6, 6.07) is 0. The maximum absolute atomic E-state index is 3.67. The molecule has 1 saturated heterocycles. The zero-order chi connectivity index (χ0) is 13.7. The quantitative estimate of drug-likeness (QED) is 0.604. The number of hydrogen-bond donors (Lipinski definition) is 1. The van der Waals surface area contributed by atoms with Crippen molar-refractivity contribution in [3.63, 3.8) is 0 Å². The van der Waals surface area contributed by atoms with Crippen molar-refractivity contribution < 1.29 is 0 Å². The summed E-state index contributed by atoms with van der Waals surface area (Å²) in [6.45, 7) is 13.1. The molecule has 0 aromatic rings. The first-order valence-corrected chi connectivity index (χ1v) is 7.92. The van der Waals surface area contributed by atoms with Gasteiger partial charge in [0.15, 0.2) is 0 Å². The highest BCUT2D eigenvalue weighted by atomic mass is 15.2. The van der Waals surface area contributed by atoms with Crippen molar-refractivity contribution in [2.75, 3.05) is 52.9 Å². The number of allylic oxidation sites excluding steroid dienone is 2. The molecule has 0 aromatic heterocycles. The Morgan fingerprint density at radius 2 is 2.00 bits per heavy atom. The summed E-state index contributed by atoms with van der Waals surface area (Å²) >= 11 is 0. The van der Waals surface area contributed by atoms with E-state index in [1.165, 1.54) is 52.1 Å². The van der Waals surface area contributed by atoms with Crippen molar-refractivity contribution in [2.45, 2.75) is 26.7 Å². The summed E-state index contributed by atoms with van der Waals surface area (Å²) in [7, 11) is 2.22. The van der Waals surface area contributed by atoms with Crippen LogP contribution in [0.4, 0.5) is 0 Å². The van der Waals surface area contributed by atoms with Crippen LogP contribution < -0.4 is 5.32 Å². The second-order valence-electron chi connectivity index (χ2n) is 6.65. The van der Waals surface area contributed by atoms with E-state index in [1.807, 2.05) is 0 Å². The average Bonchev–Trinajstić information content (AvgIpc) is 2.36. The SMILES string of the molecule is CC1=CC(C)CC(CNCCN2CCN(C)CC2)C1. The van der Waals surface area contributed by atoms with Crippen molar-refractivity contribution in [1.82, 2.24) is 15.1 Å². The highest BCUT2D eigenvalue weighted by Gasteiger charge is 2.18. The van der Waals surface area contributed by atoms with E-state index in [1.54, 1.807) is 5.57 Å². The molecular formula is C16H31N3. The van der Waals surface area contributed by atoms with Gasteiger partial charge in [0.2, 0.25) is 0 Å². The number of piperazine rings is 1. The first-order chi connectivity index (χ1) is 9.13. The number of rotatable bonds is 5. The van der Waals surface area contributed by atoms with Crippen LogP contribution in [-0.2, 0) is 0 Å². The zero-order valence-electron chi connectivity index (χ0n) is 13.0. The van der Waals surface area contributed by atoms with Crippen LogP contribution in [0.15, 0.2) is 11.6 Å². The molecule has 0 spiro atoms. The van der Waals surface area contributed by atoms with Crippen molar-refractivity contribution in [3.05, 3.63) is 11.6 Å². The van der Waals surface area contributed by atoms with Crippen molar-refractivity contribution >= 4 is 0 Å². The van der Waals surface area contributed by atoms with Crippen LogP contribution in [0.3, 0.4) is 0 Å². The Labute approximate surface area is 119 Å². The van der Waals surface area contributed by atoms with Crippen LogP contribution in [0.25, 0.3) is 0 Å². The third-order valence-corrected chi connectivity index (χ3v) is 4.52. The third kappa shape index (κ3) is 5.25. The molecule has 0 aromatic carbocycles. The van der Waals surface area contributed by atoms with Crippen LogP contribution in [0.2, 0.25) is 0 Å². The van der Waals surface area contributed by atoms with Gasteiger partial charge < -0.3 is 10.2 Å². The fourth-order valence-corrected chi connectivity index (χ4v) is 3.46. The minimum absolute atomic E-state index is 0.776. The van der Waals surface area contributed by atoms with Crippen LogP contribution in [0, 0.1) is 11.8 Å². The maximum atomic E-state index is 3.67. The summed E-state index contributed by atoms with van der Waals surface area (Å²) in [4.78, 5) is 5.00. The van der Waals surface area contributed by atoms with E-state index in [4.69, 9.17) is 0 Å². The highest BCUT2D eigenvalue weighted by molar-refractivity contribution is 5.06. The maximum Gasteiger partial charge on any atom is 0.0110 e. The molecule has 2 rings (SSSR count). The normalized spacial score (nSPS) is 30.4. The fourth-order valence-electron chi connectivity index (χ4n) is 3.46. The molecule has 1 N–H and O–H groups in total. The van der Waals surface area contributed by atoms with E-state index in [2.05, 4.69) is 42.1 Å². The van der Waals surface area contributed by atoms with Gasteiger partial charge in [0.05, 0.1) is 0 Å². The predicted molar refractivity (Wildman–Crippen MR) is 82.5 cm³/mol. The Morgan fingerprint density at radius 3 is 2.68 bits per heavy atom. The molecule has 0 amide bonds. The molecule has 110 valence electrons. The van der Waals surface area contributed by atoms with E-state index in [0.717, 1.165) is 18.4 Å². The van der Waals surface area contributed by atoms with E-state index >= 15 is 0 Å². The zero-order valence-corrected chi connectivity index (χ0v) is 13.0. The van der Waals surface area contributed by atoms with Gasteiger partial charge >= 0.3 is 0 Å². The Morgan fingerprint density at radius 1 is 1.26 bits per heavy atom. The summed E-state index contributed by atoms with van der Waals surface area (Å²) in [6.07, 6.45) is 5.10. The topological polar surface area (TPSA) is 18.5 Å². The second-order valence-corrected chi connectivity index (χ2v) is 6.65. The van der Waals surface area contributed by atoms with Crippen molar-refractivity contribution in [1.29, 1.82) is 0 Å². The molecule has 2 aliphatic rings. The van der Waals surface area contributed by atoms with Gasteiger partial charge in [-0.2, -0.15) is 0 Å². The monoisotopic (exact) mass is 265 g/mol. The van der Waals surface area contributed by atoms with Crippen molar-refractivity contribution in [2.24, 2.45) is 11.8 Å². The van der Waals surface area contributed by atoms with Gasteiger partial charge in [-0.3, -0.25) is 4.90 Å². The molecule has 0 bridgehead atoms. The summed E-state index contributed by atoms with van der Waals surface area (Å²) in [5, 5.41) is 3.67. The molecule has 0 saturated carbocycles. The number of nitrogens with one attached hydrogen (secondary N) is 1. The molecule has 1 aliphatic carbocycles. The highest BCUT2D eigenvalue weighted by Crippen LogP contribution is 2.27. The molecule has 2 atom stereocenters.